The lowest BCUT2D eigenvalue weighted by molar-refractivity contribution is -0.139. The van der Waals surface area contributed by atoms with Crippen LogP contribution in [0.3, 0.4) is 0 Å². The van der Waals surface area contributed by atoms with E-state index in [2.05, 4.69) is 20.9 Å². The summed E-state index contributed by atoms with van der Waals surface area (Å²) < 4.78 is 25.8. The average Bonchev–Trinajstić information content (AvgIpc) is 3.31. The lowest BCUT2D eigenvalue weighted by Gasteiger charge is -2.24. The molecule has 43 heavy (non-hydrogen) atoms. The van der Waals surface area contributed by atoms with E-state index in [9.17, 15) is 9.59 Å². The highest BCUT2D eigenvalue weighted by Crippen LogP contribution is 2.34. The van der Waals surface area contributed by atoms with E-state index in [0.29, 0.717) is 56.6 Å². The lowest BCUT2D eigenvalue weighted by atomic mass is 9.96. The SMILES string of the molecule is CCOC(=O)C1=C(C)N=c2s/c(=C\c3cccc(OC)c3OCc3ccc(Br)cc3)c(=O)n2[C@H]1c1ccc(OCC)cc1. The van der Waals surface area contributed by atoms with E-state index < -0.39 is 12.0 Å². The third-order valence-electron chi connectivity index (χ3n) is 6.84. The smallest absolute Gasteiger partial charge is 0.338 e. The van der Waals surface area contributed by atoms with E-state index >= 15 is 0 Å². The van der Waals surface area contributed by atoms with Crippen LogP contribution in [-0.2, 0) is 16.1 Å². The molecule has 1 aromatic heterocycles. The molecule has 0 spiro atoms. The molecule has 0 aliphatic carbocycles. The molecule has 0 bridgehead atoms. The van der Waals surface area contributed by atoms with Crippen LogP contribution in [0.15, 0.2) is 92.3 Å². The minimum absolute atomic E-state index is 0.203. The molecule has 4 aromatic rings. The summed E-state index contributed by atoms with van der Waals surface area (Å²) in [6.07, 6.45) is 1.78. The van der Waals surface area contributed by atoms with E-state index in [1.165, 1.54) is 11.3 Å². The maximum Gasteiger partial charge on any atom is 0.338 e. The van der Waals surface area contributed by atoms with Crippen molar-refractivity contribution in [1.29, 1.82) is 0 Å². The molecule has 10 heteroatoms. The van der Waals surface area contributed by atoms with Gasteiger partial charge in [-0.1, -0.05) is 63.7 Å². The highest BCUT2D eigenvalue weighted by atomic mass is 79.9. The fourth-order valence-corrected chi connectivity index (χ4v) is 6.16. The summed E-state index contributed by atoms with van der Waals surface area (Å²) in [6, 6.07) is 20.1. The Morgan fingerprint density at radius 1 is 1.02 bits per heavy atom. The number of carbonyl (C=O) groups excluding carboxylic acids is 1. The molecule has 5 rings (SSSR count). The summed E-state index contributed by atoms with van der Waals surface area (Å²) in [4.78, 5) is 32.4. The van der Waals surface area contributed by atoms with E-state index in [0.717, 1.165) is 15.6 Å². The van der Waals surface area contributed by atoms with Crippen molar-refractivity contribution < 1.29 is 23.7 Å². The number of benzene rings is 3. The summed E-state index contributed by atoms with van der Waals surface area (Å²) in [5.41, 5.74) is 2.96. The lowest BCUT2D eigenvalue weighted by Crippen LogP contribution is -2.39. The number of hydrogen-bond acceptors (Lipinski definition) is 8. The molecular weight excluding hydrogens is 632 g/mol. The first-order valence-electron chi connectivity index (χ1n) is 13.8. The van der Waals surface area contributed by atoms with Crippen LogP contribution in [-0.4, -0.2) is 30.9 Å². The Hall–Kier alpha value is -4.15. The minimum atomic E-state index is -0.716. The highest BCUT2D eigenvalue weighted by Gasteiger charge is 2.33. The number of methoxy groups -OCH3 is 1. The predicted molar refractivity (Wildman–Crippen MR) is 169 cm³/mol. The maximum absolute atomic E-state index is 14.1. The number of ether oxygens (including phenoxy) is 4. The van der Waals surface area contributed by atoms with Crippen molar-refractivity contribution in [2.24, 2.45) is 4.99 Å². The molecule has 1 atom stereocenters. The van der Waals surface area contributed by atoms with E-state index in [1.54, 1.807) is 31.6 Å². The number of thiazole rings is 1. The van der Waals surface area contributed by atoms with Gasteiger partial charge in [-0.15, -0.1) is 0 Å². The van der Waals surface area contributed by atoms with Crippen molar-refractivity contribution in [3.8, 4) is 17.2 Å². The van der Waals surface area contributed by atoms with Crippen molar-refractivity contribution >= 4 is 39.3 Å². The van der Waals surface area contributed by atoms with E-state index in [-0.39, 0.29) is 12.2 Å². The topological polar surface area (TPSA) is 88.4 Å². The summed E-state index contributed by atoms with van der Waals surface area (Å²) >= 11 is 4.71. The number of aromatic nitrogens is 1. The molecule has 0 unspecified atom stereocenters. The number of esters is 1. The number of para-hydroxylation sites is 1. The molecule has 0 saturated carbocycles. The van der Waals surface area contributed by atoms with Gasteiger partial charge in [0.05, 0.1) is 42.2 Å². The maximum atomic E-state index is 14.1. The molecule has 0 radical (unpaired) electrons. The second-order valence-corrected chi connectivity index (χ2v) is 11.5. The molecule has 3 aromatic carbocycles. The fraction of sp³-hybridized carbons (Fsp3) is 0.242. The molecule has 1 aliphatic heterocycles. The third kappa shape index (κ3) is 6.45. The van der Waals surface area contributed by atoms with Crippen LogP contribution >= 0.6 is 27.3 Å². The van der Waals surface area contributed by atoms with Gasteiger partial charge < -0.3 is 18.9 Å². The molecule has 222 valence electrons. The van der Waals surface area contributed by atoms with Gasteiger partial charge in [-0.2, -0.15) is 0 Å². The zero-order chi connectivity index (χ0) is 30.5. The molecular formula is C33H31BrN2O6S. The van der Waals surface area contributed by atoms with Gasteiger partial charge in [-0.25, -0.2) is 9.79 Å². The zero-order valence-electron chi connectivity index (χ0n) is 24.3. The number of hydrogen-bond donors (Lipinski definition) is 0. The summed E-state index contributed by atoms with van der Waals surface area (Å²) in [5.74, 6) is 1.26. The van der Waals surface area contributed by atoms with E-state index in [4.69, 9.17) is 18.9 Å². The first-order valence-corrected chi connectivity index (χ1v) is 15.4. The first-order chi connectivity index (χ1) is 20.8. The highest BCUT2D eigenvalue weighted by molar-refractivity contribution is 9.10. The van der Waals surface area contributed by atoms with Gasteiger partial charge in [0.1, 0.15) is 12.4 Å². The third-order valence-corrected chi connectivity index (χ3v) is 8.35. The average molecular weight is 664 g/mol. The number of allylic oxidation sites excluding steroid dienone is 1. The van der Waals surface area contributed by atoms with Crippen LogP contribution in [0.25, 0.3) is 6.08 Å². The number of halogens is 1. The Morgan fingerprint density at radius 3 is 2.44 bits per heavy atom. The van der Waals surface area contributed by atoms with Crippen molar-refractivity contribution in [1.82, 2.24) is 4.57 Å². The fourth-order valence-electron chi connectivity index (χ4n) is 4.86. The number of carbonyl (C=O) groups is 1. The van der Waals surface area contributed by atoms with Gasteiger partial charge in [0, 0.05) is 10.0 Å². The monoisotopic (exact) mass is 662 g/mol. The van der Waals surface area contributed by atoms with Crippen LogP contribution in [0.2, 0.25) is 0 Å². The minimum Gasteiger partial charge on any atom is -0.494 e. The molecule has 1 aliphatic rings. The van der Waals surface area contributed by atoms with Gasteiger partial charge in [0.15, 0.2) is 16.3 Å². The number of rotatable bonds is 10. The van der Waals surface area contributed by atoms with Gasteiger partial charge in [0.25, 0.3) is 5.56 Å². The second-order valence-electron chi connectivity index (χ2n) is 9.60. The van der Waals surface area contributed by atoms with Crippen LogP contribution in [0.1, 0.15) is 43.5 Å². The molecule has 2 heterocycles. The Labute approximate surface area is 261 Å². The molecule has 8 nitrogen and oxygen atoms in total. The predicted octanol–water partition coefficient (Wildman–Crippen LogP) is 5.55. The summed E-state index contributed by atoms with van der Waals surface area (Å²) in [5, 5.41) is 0. The number of nitrogens with zero attached hydrogens (tertiary/aromatic N) is 2. The summed E-state index contributed by atoms with van der Waals surface area (Å²) in [7, 11) is 1.58. The standard InChI is InChI=1S/C33H31BrN2O6S/c1-5-40-25-16-12-22(13-17-25)29-28(32(38)41-6-2)20(3)35-33-36(29)31(37)27(43-33)18-23-8-7-9-26(39-4)30(23)42-19-21-10-14-24(34)15-11-21/h7-18,29H,5-6,19H2,1-4H3/b27-18-/t29-/m0/s1. The van der Waals surface area contributed by atoms with Crippen molar-refractivity contribution in [3.05, 3.63) is 119 Å². The van der Waals surface area contributed by atoms with Gasteiger partial charge in [0.2, 0.25) is 0 Å². The van der Waals surface area contributed by atoms with Gasteiger partial charge >= 0.3 is 5.97 Å². The molecule has 0 N–H and O–H groups in total. The van der Waals surface area contributed by atoms with Crippen molar-refractivity contribution in [2.45, 2.75) is 33.4 Å². The Balaban J connectivity index is 1.62. The first kappa shape index (κ1) is 30.3. The van der Waals surface area contributed by atoms with Gasteiger partial charge in [-0.05, 0) is 68.3 Å². The second kappa shape index (κ2) is 13.4. The normalized spacial score (nSPS) is 14.6. The van der Waals surface area contributed by atoms with Crippen LogP contribution < -0.4 is 29.1 Å². The van der Waals surface area contributed by atoms with Crippen molar-refractivity contribution in [2.75, 3.05) is 20.3 Å². The van der Waals surface area contributed by atoms with Crippen LogP contribution in [0, 0.1) is 0 Å². The van der Waals surface area contributed by atoms with Crippen LogP contribution in [0.5, 0.6) is 17.2 Å². The Kier molecular flexibility index (Phi) is 9.47. The quantitative estimate of drug-likeness (QED) is 0.207. The number of fused-ring (bicyclic) bond motifs is 1. The summed E-state index contributed by atoms with van der Waals surface area (Å²) in [6.45, 7) is 6.47. The largest absolute Gasteiger partial charge is 0.494 e. The molecule has 0 amide bonds. The Bertz CT molecular complexity index is 1840. The zero-order valence-corrected chi connectivity index (χ0v) is 26.7. The molecule has 0 fully saturated rings. The van der Waals surface area contributed by atoms with Gasteiger partial charge in [-0.3, -0.25) is 9.36 Å². The van der Waals surface area contributed by atoms with E-state index in [1.807, 2.05) is 73.7 Å². The van der Waals surface area contributed by atoms with Crippen molar-refractivity contribution in [3.63, 3.8) is 0 Å². The van der Waals surface area contributed by atoms with Crippen LogP contribution in [0.4, 0.5) is 0 Å². The Morgan fingerprint density at radius 2 is 1.77 bits per heavy atom. The molecule has 0 saturated heterocycles.